The SMILES string of the molecule is C[C@@H](O)CNCCNCc1ccccc1OCc1ccc(Cl)cc1Cl. The summed E-state index contributed by atoms with van der Waals surface area (Å²) < 4.78 is 5.94. The van der Waals surface area contributed by atoms with Crippen LogP contribution in [0.1, 0.15) is 18.1 Å². The van der Waals surface area contributed by atoms with Crippen LogP contribution in [0.3, 0.4) is 0 Å². The minimum absolute atomic E-state index is 0.325. The van der Waals surface area contributed by atoms with Crippen molar-refractivity contribution >= 4 is 23.2 Å². The Hall–Kier alpha value is -1.30. The zero-order valence-corrected chi connectivity index (χ0v) is 15.8. The van der Waals surface area contributed by atoms with E-state index in [2.05, 4.69) is 10.6 Å². The van der Waals surface area contributed by atoms with E-state index < -0.39 is 0 Å². The van der Waals surface area contributed by atoms with Gasteiger partial charge in [-0.15, -0.1) is 0 Å². The van der Waals surface area contributed by atoms with E-state index in [1.165, 1.54) is 0 Å². The number of aliphatic hydroxyl groups excluding tert-OH is 1. The molecular formula is C19H24Cl2N2O2. The number of nitrogens with one attached hydrogen (secondary N) is 2. The Labute approximate surface area is 159 Å². The van der Waals surface area contributed by atoms with Gasteiger partial charge in [0, 0.05) is 47.4 Å². The first-order chi connectivity index (χ1) is 12.1. The van der Waals surface area contributed by atoms with Gasteiger partial charge in [-0.05, 0) is 25.1 Å². The minimum atomic E-state index is -0.325. The molecule has 4 nitrogen and oxygen atoms in total. The lowest BCUT2D eigenvalue weighted by atomic mass is 10.2. The van der Waals surface area contributed by atoms with Gasteiger partial charge < -0.3 is 20.5 Å². The normalized spacial score (nSPS) is 12.2. The van der Waals surface area contributed by atoms with E-state index in [1.54, 1.807) is 19.1 Å². The van der Waals surface area contributed by atoms with E-state index in [-0.39, 0.29) is 6.10 Å². The topological polar surface area (TPSA) is 53.5 Å². The van der Waals surface area contributed by atoms with Crippen molar-refractivity contribution in [1.29, 1.82) is 0 Å². The van der Waals surface area contributed by atoms with Crippen molar-refractivity contribution < 1.29 is 9.84 Å². The van der Waals surface area contributed by atoms with Gasteiger partial charge in [-0.2, -0.15) is 0 Å². The predicted molar refractivity (Wildman–Crippen MR) is 103 cm³/mol. The van der Waals surface area contributed by atoms with Gasteiger partial charge in [-0.25, -0.2) is 0 Å². The summed E-state index contributed by atoms with van der Waals surface area (Å²) in [7, 11) is 0. The Morgan fingerprint density at radius 3 is 2.56 bits per heavy atom. The third-order valence-corrected chi connectivity index (χ3v) is 4.19. The third-order valence-electron chi connectivity index (χ3n) is 3.60. The molecule has 25 heavy (non-hydrogen) atoms. The van der Waals surface area contributed by atoms with Crippen molar-refractivity contribution in [2.75, 3.05) is 19.6 Å². The van der Waals surface area contributed by atoms with Crippen molar-refractivity contribution in [3.63, 3.8) is 0 Å². The highest BCUT2D eigenvalue weighted by Gasteiger charge is 2.06. The average molecular weight is 383 g/mol. The van der Waals surface area contributed by atoms with Crippen molar-refractivity contribution in [1.82, 2.24) is 10.6 Å². The molecule has 0 spiro atoms. The fourth-order valence-corrected chi connectivity index (χ4v) is 2.76. The molecule has 2 rings (SSSR count). The number of aliphatic hydroxyl groups is 1. The molecule has 0 bridgehead atoms. The molecule has 0 unspecified atom stereocenters. The first-order valence-electron chi connectivity index (χ1n) is 8.30. The summed E-state index contributed by atoms with van der Waals surface area (Å²) in [6, 6.07) is 13.3. The molecule has 0 aromatic heterocycles. The van der Waals surface area contributed by atoms with E-state index >= 15 is 0 Å². The Bertz CT molecular complexity index is 666. The molecule has 0 amide bonds. The molecule has 2 aromatic carbocycles. The quantitative estimate of drug-likeness (QED) is 0.549. The number of para-hydroxylation sites is 1. The maximum atomic E-state index is 9.19. The molecule has 0 fully saturated rings. The van der Waals surface area contributed by atoms with Crippen LogP contribution in [0, 0.1) is 0 Å². The van der Waals surface area contributed by atoms with E-state index in [1.807, 2.05) is 30.3 Å². The number of benzene rings is 2. The summed E-state index contributed by atoms with van der Waals surface area (Å²) in [4.78, 5) is 0. The van der Waals surface area contributed by atoms with Crippen LogP contribution < -0.4 is 15.4 Å². The molecule has 0 aliphatic heterocycles. The zero-order valence-electron chi connectivity index (χ0n) is 14.3. The molecule has 136 valence electrons. The molecule has 0 saturated heterocycles. The van der Waals surface area contributed by atoms with Crippen LogP contribution in [0.4, 0.5) is 0 Å². The highest BCUT2D eigenvalue weighted by molar-refractivity contribution is 6.35. The van der Waals surface area contributed by atoms with Crippen LogP contribution in [0.15, 0.2) is 42.5 Å². The molecule has 0 aliphatic carbocycles. The molecule has 0 radical (unpaired) electrons. The number of hydrogen-bond donors (Lipinski definition) is 3. The van der Waals surface area contributed by atoms with Crippen LogP contribution >= 0.6 is 23.2 Å². The summed E-state index contributed by atoms with van der Waals surface area (Å²) in [6.07, 6.45) is -0.325. The number of ether oxygens (including phenoxy) is 1. The molecule has 6 heteroatoms. The van der Waals surface area contributed by atoms with Gasteiger partial charge in [0.2, 0.25) is 0 Å². The van der Waals surface area contributed by atoms with Crippen LogP contribution in [-0.4, -0.2) is 30.8 Å². The molecule has 0 aliphatic rings. The van der Waals surface area contributed by atoms with Crippen molar-refractivity contribution in [3.8, 4) is 5.75 Å². The molecule has 1 atom stereocenters. The Morgan fingerprint density at radius 2 is 1.80 bits per heavy atom. The third kappa shape index (κ3) is 7.22. The lowest BCUT2D eigenvalue weighted by Gasteiger charge is -2.13. The minimum Gasteiger partial charge on any atom is -0.489 e. The highest BCUT2D eigenvalue weighted by Crippen LogP contribution is 2.24. The van der Waals surface area contributed by atoms with E-state index in [4.69, 9.17) is 27.9 Å². The smallest absolute Gasteiger partial charge is 0.124 e. The van der Waals surface area contributed by atoms with E-state index in [0.29, 0.717) is 29.7 Å². The lowest BCUT2D eigenvalue weighted by Crippen LogP contribution is -2.31. The Balaban J connectivity index is 1.83. The molecule has 0 saturated carbocycles. The number of rotatable bonds is 10. The molecule has 2 aromatic rings. The van der Waals surface area contributed by atoms with Crippen LogP contribution in [0.5, 0.6) is 5.75 Å². The first kappa shape index (κ1) is 20.0. The molecule has 0 heterocycles. The van der Waals surface area contributed by atoms with E-state index in [9.17, 15) is 5.11 Å². The van der Waals surface area contributed by atoms with E-state index in [0.717, 1.165) is 30.0 Å². The Morgan fingerprint density at radius 1 is 1.04 bits per heavy atom. The average Bonchev–Trinajstić information content (AvgIpc) is 2.58. The van der Waals surface area contributed by atoms with Crippen molar-refractivity contribution in [3.05, 3.63) is 63.6 Å². The maximum absolute atomic E-state index is 9.19. The second-order valence-corrected chi connectivity index (χ2v) is 6.71. The van der Waals surface area contributed by atoms with Gasteiger partial charge in [0.05, 0.1) is 6.10 Å². The standard InChI is InChI=1S/C19H24Cl2N2O2/c1-14(24)11-22-8-9-23-12-15-4-2-3-5-19(15)25-13-16-6-7-17(20)10-18(16)21/h2-7,10,14,22-24H,8-9,11-13H2,1H3/t14-/m1/s1. The van der Waals surface area contributed by atoms with Gasteiger partial charge >= 0.3 is 0 Å². The predicted octanol–water partition coefficient (Wildman–Crippen LogP) is 3.63. The lowest BCUT2D eigenvalue weighted by molar-refractivity contribution is 0.191. The molecule has 3 N–H and O–H groups in total. The fraction of sp³-hybridized carbons (Fsp3) is 0.368. The second kappa shape index (κ2) is 10.6. The highest BCUT2D eigenvalue weighted by atomic mass is 35.5. The van der Waals surface area contributed by atoms with Gasteiger partial charge in [0.15, 0.2) is 0 Å². The van der Waals surface area contributed by atoms with Crippen LogP contribution in [0.2, 0.25) is 10.0 Å². The van der Waals surface area contributed by atoms with Crippen molar-refractivity contribution in [2.24, 2.45) is 0 Å². The van der Waals surface area contributed by atoms with Crippen LogP contribution in [-0.2, 0) is 13.2 Å². The monoisotopic (exact) mass is 382 g/mol. The number of hydrogen-bond acceptors (Lipinski definition) is 4. The summed E-state index contributed by atoms with van der Waals surface area (Å²) in [5.74, 6) is 0.831. The van der Waals surface area contributed by atoms with Gasteiger partial charge in [0.1, 0.15) is 12.4 Å². The first-order valence-corrected chi connectivity index (χ1v) is 9.06. The van der Waals surface area contributed by atoms with Gasteiger partial charge in [-0.1, -0.05) is 47.5 Å². The number of halogens is 2. The van der Waals surface area contributed by atoms with Crippen LogP contribution in [0.25, 0.3) is 0 Å². The second-order valence-electron chi connectivity index (χ2n) is 5.86. The van der Waals surface area contributed by atoms with Gasteiger partial charge in [-0.3, -0.25) is 0 Å². The van der Waals surface area contributed by atoms with Crippen molar-refractivity contribution in [2.45, 2.75) is 26.2 Å². The fourth-order valence-electron chi connectivity index (χ4n) is 2.30. The summed E-state index contributed by atoms with van der Waals surface area (Å²) in [5, 5.41) is 17.0. The van der Waals surface area contributed by atoms with Gasteiger partial charge in [0.25, 0.3) is 0 Å². The molecular weight excluding hydrogens is 359 g/mol. The maximum Gasteiger partial charge on any atom is 0.124 e. The largest absolute Gasteiger partial charge is 0.489 e. The summed E-state index contributed by atoms with van der Waals surface area (Å²) in [6.45, 7) is 5.08. The summed E-state index contributed by atoms with van der Waals surface area (Å²) >= 11 is 12.1. The zero-order chi connectivity index (χ0) is 18.1. The Kier molecular flexibility index (Phi) is 8.52. The summed E-state index contributed by atoms with van der Waals surface area (Å²) in [5.41, 5.74) is 1.99.